The van der Waals surface area contributed by atoms with E-state index >= 15 is 0 Å². The molecule has 1 fully saturated rings. The maximum atomic E-state index is 11.1. The van der Waals surface area contributed by atoms with Gasteiger partial charge in [-0.05, 0) is 12.8 Å². The molecule has 0 aromatic heterocycles. The first kappa shape index (κ1) is 8.24. The maximum absolute atomic E-state index is 11.1. The largest absolute Gasteiger partial charge is 0.393 e. The highest BCUT2D eigenvalue weighted by molar-refractivity contribution is 5.97. The summed E-state index contributed by atoms with van der Waals surface area (Å²) in [6.45, 7) is 5.60. The summed E-state index contributed by atoms with van der Waals surface area (Å²) in [5.74, 6) is -0.620. The highest BCUT2D eigenvalue weighted by Gasteiger charge is 2.47. The molecule has 1 heterocycles. The van der Waals surface area contributed by atoms with E-state index in [2.05, 4.69) is 4.74 Å². The first-order valence-electron chi connectivity index (χ1n) is 3.72. The van der Waals surface area contributed by atoms with Gasteiger partial charge in [-0.1, -0.05) is 13.8 Å². The molecule has 0 saturated carbocycles. The summed E-state index contributed by atoms with van der Waals surface area (Å²) < 4.78 is 4.46. The van der Waals surface area contributed by atoms with Crippen molar-refractivity contribution < 1.29 is 14.3 Å². The first-order chi connectivity index (χ1) is 4.97. The number of ether oxygens (including phenoxy) is 1. The molecule has 1 atom stereocenters. The van der Waals surface area contributed by atoms with E-state index in [-0.39, 0.29) is 18.3 Å². The second kappa shape index (κ2) is 2.32. The lowest BCUT2D eigenvalue weighted by Gasteiger charge is -2.21. The van der Waals surface area contributed by atoms with Gasteiger partial charge < -0.3 is 4.74 Å². The molecule has 3 nitrogen and oxygen atoms in total. The van der Waals surface area contributed by atoms with Gasteiger partial charge in [-0.25, -0.2) is 0 Å². The smallest absolute Gasteiger partial charge is 0.320 e. The number of hydrogen-bond acceptors (Lipinski definition) is 3. The number of carbonyl (C=O) groups is 2. The van der Waals surface area contributed by atoms with Crippen LogP contribution in [0.1, 0.15) is 27.2 Å². The molecule has 1 rings (SSSR count). The Hall–Kier alpha value is -0.860. The summed E-state index contributed by atoms with van der Waals surface area (Å²) >= 11 is 0. The summed E-state index contributed by atoms with van der Waals surface area (Å²) in [6.07, 6.45) is 0.226. The maximum Gasteiger partial charge on any atom is 0.320 e. The van der Waals surface area contributed by atoms with Crippen molar-refractivity contribution in [1.82, 2.24) is 0 Å². The molecule has 0 aromatic carbocycles. The molecule has 62 valence electrons. The SMILES string of the molecule is CC(C)[C@@]1(C)CC(=O)OC1=O. The Morgan fingerprint density at radius 1 is 1.45 bits per heavy atom. The van der Waals surface area contributed by atoms with Crippen LogP contribution < -0.4 is 0 Å². The number of esters is 2. The van der Waals surface area contributed by atoms with Crippen LogP contribution in [-0.4, -0.2) is 11.9 Å². The van der Waals surface area contributed by atoms with Crippen LogP contribution in [0, 0.1) is 11.3 Å². The second-order valence-electron chi connectivity index (χ2n) is 3.51. The number of hydrogen-bond donors (Lipinski definition) is 0. The van der Waals surface area contributed by atoms with Crippen molar-refractivity contribution in [2.45, 2.75) is 27.2 Å². The van der Waals surface area contributed by atoms with Gasteiger partial charge in [0.05, 0.1) is 11.8 Å². The Labute approximate surface area is 65.7 Å². The lowest BCUT2D eigenvalue weighted by Crippen LogP contribution is -2.28. The van der Waals surface area contributed by atoms with Gasteiger partial charge in [0.1, 0.15) is 0 Å². The normalized spacial score (nSPS) is 31.3. The number of carbonyl (C=O) groups excluding carboxylic acids is 2. The van der Waals surface area contributed by atoms with Crippen LogP contribution >= 0.6 is 0 Å². The van der Waals surface area contributed by atoms with E-state index in [4.69, 9.17) is 0 Å². The van der Waals surface area contributed by atoms with Gasteiger partial charge in [-0.15, -0.1) is 0 Å². The zero-order chi connectivity index (χ0) is 8.65. The average Bonchev–Trinajstić information content (AvgIpc) is 2.08. The van der Waals surface area contributed by atoms with E-state index in [1.165, 1.54) is 0 Å². The van der Waals surface area contributed by atoms with E-state index in [0.717, 1.165) is 0 Å². The van der Waals surface area contributed by atoms with Crippen LogP contribution in [0.3, 0.4) is 0 Å². The Bertz CT molecular complexity index is 207. The van der Waals surface area contributed by atoms with Crippen LogP contribution in [0.5, 0.6) is 0 Å². The molecule has 0 unspecified atom stereocenters. The van der Waals surface area contributed by atoms with Gasteiger partial charge in [-0.2, -0.15) is 0 Å². The standard InChI is InChI=1S/C8H12O3/c1-5(2)8(3)4-6(9)11-7(8)10/h5H,4H2,1-3H3/t8-/m1/s1. The molecule has 0 aromatic rings. The van der Waals surface area contributed by atoms with Crippen LogP contribution in [0.15, 0.2) is 0 Å². The Morgan fingerprint density at radius 3 is 2.18 bits per heavy atom. The highest BCUT2D eigenvalue weighted by atomic mass is 16.6. The van der Waals surface area contributed by atoms with Crippen molar-refractivity contribution in [2.75, 3.05) is 0 Å². The lowest BCUT2D eigenvalue weighted by molar-refractivity contribution is -0.155. The lowest BCUT2D eigenvalue weighted by atomic mass is 9.78. The molecular formula is C8H12O3. The molecule has 0 amide bonds. The predicted molar refractivity (Wildman–Crippen MR) is 38.7 cm³/mol. The molecule has 0 aliphatic carbocycles. The summed E-state index contributed by atoms with van der Waals surface area (Å²) in [6, 6.07) is 0. The fraction of sp³-hybridized carbons (Fsp3) is 0.750. The molecule has 3 heteroatoms. The summed E-state index contributed by atoms with van der Waals surface area (Å²) in [5.41, 5.74) is -0.586. The minimum Gasteiger partial charge on any atom is -0.393 e. The molecule has 1 aliphatic rings. The summed E-state index contributed by atoms with van der Waals surface area (Å²) in [4.78, 5) is 21.8. The first-order valence-corrected chi connectivity index (χ1v) is 3.72. The summed E-state index contributed by atoms with van der Waals surface area (Å²) in [7, 11) is 0. The topological polar surface area (TPSA) is 43.4 Å². The Balaban J connectivity index is 2.87. The van der Waals surface area contributed by atoms with E-state index in [1.807, 2.05) is 13.8 Å². The van der Waals surface area contributed by atoms with Crippen molar-refractivity contribution in [2.24, 2.45) is 11.3 Å². The molecular weight excluding hydrogens is 144 g/mol. The minimum atomic E-state index is -0.586. The molecule has 0 radical (unpaired) electrons. The predicted octanol–water partition coefficient (Wildman–Crippen LogP) is 1.12. The second-order valence-corrected chi connectivity index (χ2v) is 3.51. The minimum absolute atomic E-state index is 0.154. The van der Waals surface area contributed by atoms with Gasteiger partial charge >= 0.3 is 11.9 Å². The number of rotatable bonds is 1. The molecule has 0 bridgehead atoms. The van der Waals surface area contributed by atoms with Crippen LogP contribution in [0.25, 0.3) is 0 Å². The quantitative estimate of drug-likeness (QED) is 0.422. The molecule has 1 saturated heterocycles. The fourth-order valence-corrected chi connectivity index (χ4v) is 1.07. The van der Waals surface area contributed by atoms with Crippen molar-refractivity contribution in [1.29, 1.82) is 0 Å². The van der Waals surface area contributed by atoms with Crippen LogP contribution in [0.2, 0.25) is 0 Å². The third-order valence-electron chi connectivity index (χ3n) is 2.46. The molecule has 0 spiro atoms. The van der Waals surface area contributed by atoms with Crippen molar-refractivity contribution >= 4 is 11.9 Å². The number of cyclic esters (lactones) is 2. The zero-order valence-electron chi connectivity index (χ0n) is 7.01. The van der Waals surface area contributed by atoms with Crippen molar-refractivity contribution in [3.63, 3.8) is 0 Å². The van der Waals surface area contributed by atoms with Crippen LogP contribution in [-0.2, 0) is 14.3 Å². The van der Waals surface area contributed by atoms with E-state index in [0.29, 0.717) is 0 Å². The average molecular weight is 156 g/mol. The third kappa shape index (κ3) is 1.15. The molecule has 11 heavy (non-hydrogen) atoms. The summed E-state index contributed by atoms with van der Waals surface area (Å²) in [5, 5.41) is 0. The van der Waals surface area contributed by atoms with E-state index in [1.54, 1.807) is 6.92 Å². The van der Waals surface area contributed by atoms with Crippen molar-refractivity contribution in [3.8, 4) is 0 Å². The van der Waals surface area contributed by atoms with Gasteiger partial charge in [0.2, 0.25) is 0 Å². The van der Waals surface area contributed by atoms with Gasteiger partial charge in [0.25, 0.3) is 0 Å². The Morgan fingerprint density at radius 2 is 2.00 bits per heavy atom. The molecule has 1 aliphatic heterocycles. The van der Waals surface area contributed by atoms with E-state index < -0.39 is 11.4 Å². The van der Waals surface area contributed by atoms with Gasteiger partial charge in [0.15, 0.2) is 0 Å². The van der Waals surface area contributed by atoms with Gasteiger partial charge in [-0.3, -0.25) is 9.59 Å². The fourth-order valence-electron chi connectivity index (χ4n) is 1.07. The monoisotopic (exact) mass is 156 g/mol. The highest BCUT2D eigenvalue weighted by Crippen LogP contribution is 2.37. The van der Waals surface area contributed by atoms with E-state index in [9.17, 15) is 9.59 Å². The van der Waals surface area contributed by atoms with Crippen LogP contribution in [0.4, 0.5) is 0 Å². The van der Waals surface area contributed by atoms with Gasteiger partial charge in [0, 0.05) is 0 Å². The van der Waals surface area contributed by atoms with Crippen molar-refractivity contribution in [3.05, 3.63) is 0 Å². The zero-order valence-corrected chi connectivity index (χ0v) is 7.01. The third-order valence-corrected chi connectivity index (χ3v) is 2.46. The Kier molecular flexibility index (Phi) is 1.74. The molecule has 0 N–H and O–H groups in total.